The lowest BCUT2D eigenvalue weighted by atomic mass is 10.0. The molecule has 1 saturated heterocycles. The number of carboxylic acid groups (broad SMARTS) is 1. The lowest BCUT2D eigenvalue weighted by molar-refractivity contribution is -0.139. The zero-order valence-electron chi connectivity index (χ0n) is 10.3. The number of hydrogen-bond acceptors (Lipinski definition) is 4. The predicted octanol–water partition coefficient (Wildman–Crippen LogP) is 0.0557. The first kappa shape index (κ1) is 14.3. The van der Waals surface area contributed by atoms with E-state index in [1.54, 1.807) is 4.90 Å². The van der Waals surface area contributed by atoms with Crippen molar-refractivity contribution in [2.45, 2.75) is 19.3 Å². The number of carbonyl (C=O) groups excluding carboxylic acids is 2. The summed E-state index contributed by atoms with van der Waals surface area (Å²) in [6.07, 6.45) is 1.51. The number of methoxy groups -OCH3 is 1. The van der Waals surface area contributed by atoms with Crippen LogP contribution in [-0.2, 0) is 14.3 Å². The van der Waals surface area contributed by atoms with Crippen LogP contribution in [0.3, 0.4) is 0 Å². The van der Waals surface area contributed by atoms with Gasteiger partial charge in [-0.05, 0) is 18.8 Å². The Morgan fingerprint density at radius 1 is 1.44 bits per heavy atom. The number of esters is 1. The number of carboxylic acids is 1. The summed E-state index contributed by atoms with van der Waals surface area (Å²) >= 11 is 0. The molecule has 1 fully saturated rings. The highest BCUT2D eigenvalue weighted by Gasteiger charge is 2.26. The topological polar surface area (TPSA) is 95.9 Å². The van der Waals surface area contributed by atoms with Crippen LogP contribution in [0.5, 0.6) is 0 Å². The van der Waals surface area contributed by atoms with Gasteiger partial charge in [0.25, 0.3) is 0 Å². The Hall–Kier alpha value is -1.79. The summed E-state index contributed by atoms with van der Waals surface area (Å²) in [6.45, 7) is 0.989. The van der Waals surface area contributed by atoms with Gasteiger partial charge in [-0.25, -0.2) is 4.79 Å². The molecule has 0 aliphatic carbocycles. The molecule has 0 aromatic heterocycles. The molecular weight excluding hydrogens is 240 g/mol. The first-order valence-corrected chi connectivity index (χ1v) is 5.84. The van der Waals surface area contributed by atoms with Gasteiger partial charge >= 0.3 is 18.0 Å². The largest absolute Gasteiger partial charge is 0.481 e. The van der Waals surface area contributed by atoms with Crippen molar-refractivity contribution in [1.82, 2.24) is 10.2 Å². The summed E-state index contributed by atoms with van der Waals surface area (Å²) in [6, 6.07) is -0.307. The monoisotopic (exact) mass is 258 g/mol. The van der Waals surface area contributed by atoms with E-state index in [2.05, 4.69) is 10.1 Å². The second-order valence-electron chi connectivity index (χ2n) is 4.27. The Morgan fingerprint density at radius 3 is 2.78 bits per heavy atom. The highest BCUT2D eigenvalue weighted by atomic mass is 16.5. The molecule has 102 valence electrons. The van der Waals surface area contributed by atoms with E-state index in [0.717, 1.165) is 6.42 Å². The molecule has 0 radical (unpaired) electrons. The Morgan fingerprint density at radius 2 is 2.17 bits per heavy atom. The molecule has 1 heterocycles. The van der Waals surface area contributed by atoms with Gasteiger partial charge in [0.2, 0.25) is 0 Å². The molecule has 0 aromatic rings. The quantitative estimate of drug-likeness (QED) is 0.679. The standard InChI is InChI=1S/C11H18N2O5/c1-18-10(16)6-12-11(17)13-5-4-8(7-13)2-3-9(14)15/h8H,2-7H2,1H3,(H,12,17)(H,14,15). The SMILES string of the molecule is COC(=O)CNC(=O)N1CCC(CCC(=O)O)C1. The predicted molar refractivity (Wildman–Crippen MR) is 62.0 cm³/mol. The molecule has 0 aromatic carbocycles. The van der Waals surface area contributed by atoms with Gasteiger partial charge in [-0.15, -0.1) is 0 Å². The van der Waals surface area contributed by atoms with Crippen LogP contribution < -0.4 is 5.32 Å². The van der Waals surface area contributed by atoms with Gasteiger partial charge in [0.15, 0.2) is 0 Å². The van der Waals surface area contributed by atoms with E-state index in [4.69, 9.17) is 5.11 Å². The minimum Gasteiger partial charge on any atom is -0.481 e. The third-order valence-electron chi connectivity index (χ3n) is 2.95. The first-order valence-electron chi connectivity index (χ1n) is 5.84. The second kappa shape index (κ2) is 6.83. The zero-order valence-corrected chi connectivity index (χ0v) is 10.3. The molecule has 1 aliphatic rings. The lowest BCUT2D eigenvalue weighted by Crippen LogP contribution is -2.41. The van der Waals surface area contributed by atoms with Crippen LogP contribution in [-0.4, -0.2) is 54.7 Å². The highest BCUT2D eigenvalue weighted by Crippen LogP contribution is 2.20. The molecule has 1 aliphatic heterocycles. The van der Waals surface area contributed by atoms with Gasteiger partial charge in [-0.3, -0.25) is 9.59 Å². The number of nitrogens with one attached hydrogen (secondary N) is 1. The van der Waals surface area contributed by atoms with E-state index in [-0.39, 0.29) is 24.9 Å². The van der Waals surface area contributed by atoms with Crippen molar-refractivity contribution in [3.05, 3.63) is 0 Å². The van der Waals surface area contributed by atoms with Crippen LogP contribution in [0.1, 0.15) is 19.3 Å². The molecule has 1 atom stereocenters. The number of rotatable bonds is 5. The number of carbonyl (C=O) groups is 3. The fourth-order valence-corrected chi connectivity index (χ4v) is 1.91. The second-order valence-corrected chi connectivity index (χ2v) is 4.27. The summed E-state index contributed by atoms with van der Waals surface area (Å²) < 4.78 is 4.41. The van der Waals surface area contributed by atoms with Gasteiger partial charge in [0, 0.05) is 19.5 Å². The Labute approximate surface area is 105 Å². The zero-order chi connectivity index (χ0) is 13.5. The molecule has 0 bridgehead atoms. The summed E-state index contributed by atoms with van der Waals surface area (Å²) in [5.74, 6) is -1.08. The number of amides is 2. The molecule has 7 heteroatoms. The smallest absolute Gasteiger partial charge is 0.325 e. The summed E-state index contributed by atoms with van der Waals surface area (Å²) in [5, 5.41) is 11.0. The van der Waals surface area contributed by atoms with Crippen molar-refractivity contribution in [2.75, 3.05) is 26.7 Å². The fraction of sp³-hybridized carbons (Fsp3) is 0.727. The van der Waals surface area contributed by atoms with E-state index >= 15 is 0 Å². The van der Waals surface area contributed by atoms with Crippen LogP contribution in [0.15, 0.2) is 0 Å². The average Bonchev–Trinajstić information content (AvgIpc) is 2.81. The number of hydrogen-bond donors (Lipinski definition) is 2. The van der Waals surface area contributed by atoms with Gasteiger partial charge < -0.3 is 20.1 Å². The molecule has 0 spiro atoms. The lowest BCUT2D eigenvalue weighted by Gasteiger charge is -2.16. The van der Waals surface area contributed by atoms with E-state index in [1.165, 1.54) is 7.11 Å². The number of aliphatic carboxylic acids is 1. The molecule has 18 heavy (non-hydrogen) atoms. The third kappa shape index (κ3) is 4.60. The molecule has 0 saturated carbocycles. The van der Waals surface area contributed by atoms with Crippen molar-refractivity contribution in [3.63, 3.8) is 0 Å². The van der Waals surface area contributed by atoms with E-state index in [9.17, 15) is 14.4 Å². The fourth-order valence-electron chi connectivity index (χ4n) is 1.91. The van der Waals surface area contributed by atoms with Crippen molar-refractivity contribution in [1.29, 1.82) is 0 Å². The summed E-state index contributed by atoms with van der Waals surface area (Å²) in [4.78, 5) is 34.5. The molecule has 1 unspecified atom stereocenters. The molecular formula is C11H18N2O5. The Bertz CT molecular complexity index is 331. The van der Waals surface area contributed by atoms with Gasteiger partial charge in [-0.1, -0.05) is 0 Å². The Balaban J connectivity index is 2.26. The molecule has 1 rings (SSSR count). The number of urea groups is 1. The normalized spacial score (nSPS) is 18.5. The maximum absolute atomic E-state index is 11.6. The van der Waals surface area contributed by atoms with Crippen LogP contribution in [0, 0.1) is 5.92 Å². The number of ether oxygens (including phenoxy) is 1. The van der Waals surface area contributed by atoms with Crippen LogP contribution >= 0.6 is 0 Å². The van der Waals surface area contributed by atoms with E-state index in [0.29, 0.717) is 19.5 Å². The summed E-state index contributed by atoms with van der Waals surface area (Å²) in [7, 11) is 1.26. The van der Waals surface area contributed by atoms with Crippen molar-refractivity contribution in [3.8, 4) is 0 Å². The van der Waals surface area contributed by atoms with Gasteiger partial charge in [0.05, 0.1) is 7.11 Å². The van der Waals surface area contributed by atoms with Crippen molar-refractivity contribution >= 4 is 18.0 Å². The van der Waals surface area contributed by atoms with Gasteiger partial charge in [0.1, 0.15) is 6.54 Å². The number of likely N-dealkylation sites (tertiary alicyclic amines) is 1. The van der Waals surface area contributed by atoms with E-state index in [1.807, 2.05) is 0 Å². The average molecular weight is 258 g/mol. The first-order chi connectivity index (χ1) is 8.52. The summed E-state index contributed by atoms with van der Waals surface area (Å²) in [5.41, 5.74) is 0. The minimum atomic E-state index is -0.816. The minimum absolute atomic E-state index is 0.127. The molecule has 2 amide bonds. The van der Waals surface area contributed by atoms with Crippen LogP contribution in [0.25, 0.3) is 0 Å². The van der Waals surface area contributed by atoms with Crippen LogP contribution in [0.2, 0.25) is 0 Å². The molecule has 2 N–H and O–H groups in total. The number of nitrogens with zero attached hydrogens (tertiary/aromatic N) is 1. The maximum Gasteiger partial charge on any atom is 0.325 e. The van der Waals surface area contributed by atoms with Crippen molar-refractivity contribution < 1.29 is 24.2 Å². The highest BCUT2D eigenvalue weighted by molar-refractivity contribution is 5.80. The Kier molecular flexibility index (Phi) is 5.41. The molecule has 7 nitrogen and oxygen atoms in total. The van der Waals surface area contributed by atoms with Gasteiger partial charge in [-0.2, -0.15) is 0 Å². The maximum atomic E-state index is 11.6. The third-order valence-corrected chi connectivity index (χ3v) is 2.95. The van der Waals surface area contributed by atoms with E-state index < -0.39 is 11.9 Å². The van der Waals surface area contributed by atoms with Crippen LogP contribution in [0.4, 0.5) is 4.79 Å². The van der Waals surface area contributed by atoms with Crippen molar-refractivity contribution in [2.24, 2.45) is 5.92 Å².